The number of benzene rings is 2. The van der Waals surface area contributed by atoms with Crippen molar-refractivity contribution >= 4 is 11.9 Å². The SMILES string of the molecule is COc1ccc(/C=C2\Oc3c(cc4c(c3C)OCN(C(C)C)C4)C2=O)cc1OC. The smallest absolute Gasteiger partial charge is 0.231 e. The van der Waals surface area contributed by atoms with Gasteiger partial charge in [0.05, 0.1) is 19.8 Å². The maximum atomic E-state index is 13.0. The zero-order valence-electron chi connectivity index (χ0n) is 17.4. The fourth-order valence-corrected chi connectivity index (χ4v) is 3.69. The normalized spacial score (nSPS) is 17.0. The van der Waals surface area contributed by atoms with Crippen molar-refractivity contribution in [1.82, 2.24) is 4.90 Å². The fourth-order valence-electron chi connectivity index (χ4n) is 3.69. The number of carbonyl (C=O) groups is 1. The number of Topliss-reactive ketones (excluding diaryl/α,β-unsaturated/α-hetero) is 1. The van der Waals surface area contributed by atoms with E-state index in [1.807, 2.05) is 25.1 Å². The number of hydrogen-bond donors (Lipinski definition) is 0. The first-order chi connectivity index (χ1) is 13.9. The Morgan fingerprint density at radius 2 is 1.86 bits per heavy atom. The maximum Gasteiger partial charge on any atom is 0.231 e. The van der Waals surface area contributed by atoms with Gasteiger partial charge >= 0.3 is 0 Å². The highest BCUT2D eigenvalue weighted by atomic mass is 16.5. The molecule has 0 atom stereocenters. The van der Waals surface area contributed by atoms with Gasteiger partial charge < -0.3 is 18.9 Å². The Labute approximate surface area is 170 Å². The zero-order valence-corrected chi connectivity index (χ0v) is 17.4. The predicted octanol–water partition coefficient (Wildman–Crippen LogP) is 4.19. The summed E-state index contributed by atoms with van der Waals surface area (Å²) in [6, 6.07) is 7.74. The van der Waals surface area contributed by atoms with Crippen molar-refractivity contribution in [2.75, 3.05) is 21.0 Å². The molecule has 0 fully saturated rings. The second-order valence-corrected chi connectivity index (χ2v) is 7.53. The second kappa shape index (κ2) is 7.44. The van der Waals surface area contributed by atoms with Crippen LogP contribution in [0.3, 0.4) is 0 Å². The third-order valence-corrected chi connectivity index (χ3v) is 5.40. The first-order valence-electron chi connectivity index (χ1n) is 9.62. The van der Waals surface area contributed by atoms with Gasteiger partial charge in [0, 0.05) is 23.7 Å². The average molecular weight is 395 g/mol. The van der Waals surface area contributed by atoms with Crippen molar-refractivity contribution < 1.29 is 23.7 Å². The summed E-state index contributed by atoms with van der Waals surface area (Å²) in [5, 5.41) is 0. The topological polar surface area (TPSA) is 57.2 Å². The molecule has 0 saturated heterocycles. The van der Waals surface area contributed by atoms with Gasteiger partial charge in [-0.25, -0.2) is 0 Å². The molecule has 0 radical (unpaired) electrons. The van der Waals surface area contributed by atoms with Crippen LogP contribution in [0, 0.1) is 6.92 Å². The van der Waals surface area contributed by atoms with Crippen LogP contribution in [0.25, 0.3) is 6.08 Å². The van der Waals surface area contributed by atoms with E-state index in [1.165, 1.54) is 0 Å². The second-order valence-electron chi connectivity index (χ2n) is 7.53. The number of nitrogens with zero attached hydrogens (tertiary/aromatic N) is 1. The minimum atomic E-state index is -0.123. The van der Waals surface area contributed by atoms with Gasteiger partial charge in [0.25, 0.3) is 0 Å². The lowest BCUT2D eigenvalue weighted by molar-refractivity contribution is 0.0678. The Bertz CT molecular complexity index is 1010. The van der Waals surface area contributed by atoms with Crippen molar-refractivity contribution in [3.63, 3.8) is 0 Å². The summed E-state index contributed by atoms with van der Waals surface area (Å²) in [4.78, 5) is 15.2. The highest BCUT2D eigenvalue weighted by molar-refractivity contribution is 6.15. The summed E-state index contributed by atoms with van der Waals surface area (Å²) in [6.07, 6.45) is 1.73. The summed E-state index contributed by atoms with van der Waals surface area (Å²) in [7, 11) is 3.17. The molecule has 2 aliphatic heterocycles. The van der Waals surface area contributed by atoms with Gasteiger partial charge in [-0.2, -0.15) is 0 Å². The largest absolute Gasteiger partial charge is 0.493 e. The lowest BCUT2D eigenvalue weighted by Gasteiger charge is -2.32. The highest BCUT2D eigenvalue weighted by Gasteiger charge is 2.33. The van der Waals surface area contributed by atoms with Gasteiger partial charge in [0.15, 0.2) is 17.3 Å². The molecule has 6 nitrogen and oxygen atoms in total. The van der Waals surface area contributed by atoms with E-state index < -0.39 is 0 Å². The van der Waals surface area contributed by atoms with E-state index in [1.54, 1.807) is 26.4 Å². The maximum absolute atomic E-state index is 13.0. The molecule has 29 heavy (non-hydrogen) atoms. The molecule has 0 aromatic heterocycles. The quantitative estimate of drug-likeness (QED) is 0.724. The van der Waals surface area contributed by atoms with E-state index >= 15 is 0 Å². The highest BCUT2D eigenvalue weighted by Crippen LogP contribution is 2.43. The van der Waals surface area contributed by atoms with Gasteiger partial charge in [-0.05, 0) is 50.6 Å². The van der Waals surface area contributed by atoms with E-state index in [0.29, 0.717) is 41.3 Å². The van der Waals surface area contributed by atoms with Gasteiger partial charge in [-0.15, -0.1) is 0 Å². The number of ether oxygens (including phenoxy) is 4. The van der Waals surface area contributed by atoms with E-state index in [-0.39, 0.29) is 5.78 Å². The first kappa shape index (κ1) is 19.3. The van der Waals surface area contributed by atoms with Crippen LogP contribution in [-0.4, -0.2) is 37.7 Å². The van der Waals surface area contributed by atoms with Crippen LogP contribution in [0.4, 0.5) is 0 Å². The van der Waals surface area contributed by atoms with Gasteiger partial charge in [-0.1, -0.05) is 6.07 Å². The molecule has 2 aromatic rings. The van der Waals surface area contributed by atoms with Crippen molar-refractivity contribution in [2.45, 2.75) is 33.4 Å². The lowest BCUT2D eigenvalue weighted by atomic mass is 9.99. The molecule has 0 saturated carbocycles. The zero-order chi connectivity index (χ0) is 20.7. The summed E-state index contributed by atoms with van der Waals surface area (Å²) >= 11 is 0. The molecule has 0 spiro atoms. The molecular weight excluding hydrogens is 370 g/mol. The molecule has 4 rings (SSSR count). The standard InChI is InChI=1S/C23H25NO5/c1-13(2)24-11-16-10-17-21(25)20(29-23(17)14(3)22(16)28-12-24)9-15-6-7-18(26-4)19(8-15)27-5/h6-10,13H,11-12H2,1-5H3/b20-9-. The number of methoxy groups -OCH3 is 2. The van der Waals surface area contributed by atoms with E-state index in [2.05, 4.69) is 18.7 Å². The Kier molecular flexibility index (Phi) is 4.96. The van der Waals surface area contributed by atoms with Crippen LogP contribution in [-0.2, 0) is 6.54 Å². The fraction of sp³-hybridized carbons (Fsp3) is 0.348. The van der Waals surface area contributed by atoms with Crippen molar-refractivity contribution in [2.24, 2.45) is 0 Å². The Hall–Kier alpha value is -2.99. The molecule has 0 unspecified atom stereocenters. The molecular formula is C23H25NO5. The van der Waals surface area contributed by atoms with E-state index in [4.69, 9.17) is 18.9 Å². The lowest BCUT2D eigenvalue weighted by Crippen LogP contribution is -2.37. The third kappa shape index (κ3) is 3.34. The first-order valence-corrected chi connectivity index (χ1v) is 9.62. The minimum Gasteiger partial charge on any atom is -0.493 e. The Balaban J connectivity index is 1.69. The van der Waals surface area contributed by atoms with Crippen molar-refractivity contribution in [3.05, 3.63) is 52.3 Å². The number of hydrogen-bond acceptors (Lipinski definition) is 6. The number of carbonyl (C=O) groups excluding carboxylic acids is 1. The van der Waals surface area contributed by atoms with Crippen LogP contribution in [0.5, 0.6) is 23.0 Å². The predicted molar refractivity (Wildman–Crippen MR) is 110 cm³/mol. The van der Waals surface area contributed by atoms with Crippen LogP contribution in [0.1, 0.15) is 40.9 Å². The molecule has 2 aromatic carbocycles. The number of allylic oxidation sites excluding steroid dienone is 1. The van der Waals surface area contributed by atoms with Gasteiger partial charge in [-0.3, -0.25) is 9.69 Å². The number of fused-ring (bicyclic) bond motifs is 2. The minimum absolute atomic E-state index is 0.123. The van der Waals surface area contributed by atoms with Crippen LogP contribution in [0.15, 0.2) is 30.0 Å². The van der Waals surface area contributed by atoms with Crippen molar-refractivity contribution in [3.8, 4) is 23.0 Å². The summed E-state index contributed by atoms with van der Waals surface area (Å²) in [6.45, 7) is 7.49. The van der Waals surface area contributed by atoms with E-state index in [9.17, 15) is 4.79 Å². The molecule has 0 N–H and O–H groups in total. The molecule has 152 valence electrons. The molecule has 0 amide bonds. The molecule has 0 bridgehead atoms. The van der Waals surface area contributed by atoms with Gasteiger partial charge in [0.1, 0.15) is 18.2 Å². The molecule has 0 aliphatic carbocycles. The van der Waals surface area contributed by atoms with E-state index in [0.717, 1.165) is 29.0 Å². The molecule has 6 heteroatoms. The summed E-state index contributed by atoms with van der Waals surface area (Å²) in [5.74, 6) is 2.80. The van der Waals surface area contributed by atoms with Crippen LogP contribution in [0.2, 0.25) is 0 Å². The van der Waals surface area contributed by atoms with Crippen LogP contribution >= 0.6 is 0 Å². The van der Waals surface area contributed by atoms with Gasteiger partial charge in [0.2, 0.25) is 5.78 Å². The molecule has 2 heterocycles. The third-order valence-electron chi connectivity index (χ3n) is 5.40. The van der Waals surface area contributed by atoms with Crippen molar-refractivity contribution in [1.29, 1.82) is 0 Å². The number of ketones is 1. The Morgan fingerprint density at radius 3 is 2.55 bits per heavy atom. The number of rotatable bonds is 4. The van der Waals surface area contributed by atoms with Crippen LogP contribution < -0.4 is 18.9 Å². The monoisotopic (exact) mass is 395 g/mol. The average Bonchev–Trinajstić information content (AvgIpc) is 3.03. The molecule has 2 aliphatic rings. The Morgan fingerprint density at radius 1 is 1.10 bits per heavy atom. The summed E-state index contributed by atoms with van der Waals surface area (Å²) in [5.41, 5.74) is 3.26. The summed E-state index contributed by atoms with van der Waals surface area (Å²) < 4.78 is 22.6.